The summed E-state index contributed by atoms with van der Waals surface area (Å²) in [4.78, 5) is 40.0. The molecule has 4 atom stereocenters. The minimum absolute atomic E-state index is 0.0212. The van der Waals surface area contributed by atoms with Crippen LogP contribution in [-0.2, 0) is 28.2 Å². The van der Waals surface area contributed by atoms with Gasteiger partial charge in [-0.05, 0) is 64.6 Å². The van der Waals surface area contributed by atoms with Gasteiger partial charge in [-0.15, -0.1) is 0 Å². The lowest BCUT2D eigenvalue weighted by atomic mass is 9.94. The highest BCUT2D eigenvalue weighted by Gasteiger charge is 2.53. The molecule has 1 amide bonds. The largest absolute Gasteiger partial charge is 0.465 e. The molecule has 0 aliphatic carbocycles. The molecular formula is C28H54N2O7Si. The van der Waals surface area contributed by atoms with Crippen LogP contribution in [0.25, 0.3) is 0 Å². The van der Waals surface area contributed by atoms with Crippen molar-refractivity contribution in [2.75, 3.05) is 13.2 Å². The molecule has 0 spiro atoms. The predicted octanol–water partition coefficient (Wildman–Crippen LogP) is 5.40. The Morgan fingerprint density at radius 1 is 0.895 bits per heavy atom. The zero-order valence-electron chi connectivity index (χ0n) is 26.0. The molecule has 0 aromatic rings. The number of esters is 2. The molecule has 0 aromatic heterocycles. The third kappa shape index (κ3) is 8.94. The molecule has 0 saturated carbocycles. The summed E-state index contributed by atoms with van der Waals surface area (Å²) in [5, 5.41) is 0. The highest BCUT2D eigenvalue weighted by atomic mass is 28.4. The molecule has 1 aliphatic rings. The van der Waals surface area contributed by atoms with Crippen LogP contribution in [0.15, 0.2) is 0 Å². The van der Waals surface area contributed by atoms with Crippen molar-refractivity contribution in [1.82, 2.24) is 4.90 Å². The summed E-state index contributed by atoms with van der Waals surface area (Å²) in [6.45, 7) is 25.4. The molecule has 0 aromatic carbocycles. The number of hydrogen-bond acceptors (Lipinski definition) is 8. The Morgan fingerprint density at radius 3 is 1.76 bits per heavy atom. The van der Waals surface area contributed by atoms with E-state index in [1.54, 1.807) is 41.5 Å². The Morgan fingerprint density at radius 2 is 1.37 bits per heavy atom. The molecule has 1 aliphatic heterocycles. The third-order valence-corrected chi connectivity index (χ3v) is 13.2. The predicted molar refractivity (Wildman–Crippen MR) is 151 cm³/mol. The van der Waals surface area contributed by atoms with E-state index in [1.165, 1.54) is 11.8 Å². The summed E-state index contributed by atoms with van der Waals surface area (Å²) in [5.74, 6) is -1.37. The van der Waals surface area contributed by atoms with Gasteiger partial charge in [-0.3, -0.25) is 9.69 Å². The highest BCUT2D eigenvalue weighted by Crippen LogP contribution is 2.43. The minimum Gasteiger partial charge on any atom is -0.465 e. The number of hydrogen-bond donors (Lipinski definition) is 1. The molecule has 2 N–H and O–H groups in total. The van der Waals surface area contributed by atoms with Gasteiger partial charge in [0.2, 0.25) is 0 Å². The number of nitrogens with zero attached hydrogens (tertiary/aromatic N) is 1. The van der Waals surface area contributed by atoms with Crippen LogP contribution in [0.1, 0.15) is 96.4 Å². The summed E-state index contributed by atoms with van der Waals surface area (Å²) >= 11 is 0. The lowest BCUT2D eigenvalue weighted by molar-refractivity contribution is -0.160. The monoisotopic (exact) mass is 558 g/mol. The summed E-state index contributed by atoms with van der Waals surface area (Å²) in [6, 6.07) is -2.22. The van der Waals surface area contributed by atoms with E-state index in [9.17, 15) is 14.4 Å². The van der Waals surface area contributed by atoms with Crippen LogP contribution in [-0.4, -0.2) is 73.8 Å². The fourth-order valence-corrected chi connectivity index (χ4v) is 11.4. The van der Waals surface area contributed by atoms with E-state index >= 15 is 0 Å². The van der Waals surface area contributed by atoms with Gasteiger partial charge in [0.15, 0.2) is 8.32 Å². The lowest BCUT2D eigenvalue weighted by Gasteiger charge is -2.44. The molecule has 1 rings (SSSR count). The molecular weight excluding hydrogens is 504 g/mol. The maximum atomic E-state index is 13.6. The molecule has 0 radical (unpaired) electrons. The van der Waals surface area contributed by atoms with Crippen LogP contribution >= 0.6 is 0 Å². The standard InChI is InChI=1S/C28H54N2O7Si/c1-17(2)38(18(3)4,19(5)6)35-16-22(29)24-21(15-34-20(7)31)14-23(25(32)36-27(8,9)10)30(24)26(33)37-28(11,12)13/h17-19,21-24H,14-16,29H2,1-13H3/t21-,22?,23+,24+/m0/s1. The first-order valence-corrected chi connectivity index (χ1v) is 16.0. The van der Waals surface area contributed by atoms with Crippen molar-refractivity contribution >= 4 is 26.3 Å². The Labute approximate surface area is 231 Å². The molecule has 222 valence electrons. The first-order chi connectivity index (χ1) is 17.1. The van der Waals surface area contributed by atoms with Crippen molar-refractivity contribution < 1.29 is 33.0 Å². The fraction of sp³-hybridized carbons (Fsp3) is 0.893. The van der Waals surface area contributed by atoms with Crippen LogP contribution in [0.3, 0.4) is 0 Å². The van der Waals surface area contributed by atoms with Crippen LogP contribution in [0.5, 0.6) is 0 Å². The van der Waals surface area contributed by atoms with Crippen LogP contribution in [0.2, 0.25) is 16.6 Å². The van der Waals surface area contributed by atoms with E-state index in [2.05, 4.69) is 41.5 Å². The summed E-state index contributed by atoms with van der Waals surface area (Å²) in [5.41, 5.74) is 6.34. The maximum Gasteiger partial charge on any atom is 0.411 e. The SMILES string of the molecule is CC(=O)OC[C@@H]1C[C@H](C(=O)OC(C)(C)C)N(C(=O)OC(C)(C)C)[C@H]1C(N)CO[Si](C(C)C)(C(C)C)C(C)C. The first kappa shape index (κ1) is 34.4. The van der Waals surface area contributed by atoms with E-state index in [0.29, 0.717) is 16.6 Å². The topological polar surface area (TPSA) is 117 Å². The third-order valence-electron chi connectivity index (χ3n) is 7.12. The molecule has 1 unspecified atom stereocenters. The summed E-state index contributed by atoms with van der Waals surface area (Å²) in [6.07, 6.45) is -0.416. The van der Waals surface area contributed by atoms with E-state index < -0.39 is 61.6 Å². The van der Waals surface area contributed by atoms with Crippen molar-refractivity contribution in [3.63, 3.8) is 0 Å². The Kier molecular flexibility index (Phi) is 11.9. The number of rotatable bonds is 10. The lowest BCUT2D eigenvalue weighted by Crippen LogP contribution is -2.58. The Balaban J connectivity index is 3.49. The highest BCUT2D eigenvalue weighted by molar-refractivity contribution is 6.77. The van der Waals surface area contributed by atoms with Gasteiger partial charge < -0.3 is 24.4 Å². The summed E-state index contributed by atoms with van der Waals surface area (Å²) in [7, 11) is -2.25. The van der Waals surface area contributed by atoms with Gasteiger partial charge in [0.05, 0.1) is 19.3 Å². The number of amides is 1. The molecule has 10 heteroatoms. The van der Waals surface area contributed by atoms with Crippen molar-refractivity contribution in [1.29, 1.82) is 0 Å². The van der Waals surface area contributed by atoms with Crippen molar-refractivity contribution in [3.8, 4) is 0 Å². The van der Waals surface area contributed by atoms with Crippen molar-refractivity contribution in [3.05, 3.63) is 0 Å². The van der Waals surface area contributed by atoms with Gasteiger partial charge in [-0.2, -0.15) is 0 Å². The molecule has 38 heavy (non-hydrogen) atoms. The fourth-order valence-electron chi connectivity index (χ4n) is 5.90. The van der Waals surface area contributed by atoms with Gasteiger partial charge in [-0.25, -0.2) is 9.59 Å². The zero-order valence-corrected chi connectivity index (χ0v) is 27.0. The van der Waals surface area contributed by atoms with Gasteiger partial charge in [0.1, 0.15) is 17.2 Å². The number of likely N-dealkylation sites (tertiary alicyclic amines) is 1. The smallest absolute Gasteiger partial charge is 0.411 e. The van der Waals surface area contributed by atoms with Crippen LogP contribution < -0.4 is 5.73 Å². The number of nitrogens with two attached hydrogens (primary N) is 1. The second kappa shape index (κ2) is 13.1. The molecule has 9 nitrogen and oxygen atoms in total. The molecule has 1 heterocycles. The van der Waals surface area contributed by atoms with Crippen LogP contribution in [0.4, 0.5) is 4.79 Å². The second-order valence-corrected chi connectivity index (χ2v) is 19.0. The van der Waals surface area contributed by atoms with Crippen molar-refractivity contribution in [2.24, 2.45) is 11.7 Å². The van der Waals surface area contributed by atoms with E-state index in [1.807, 2.05) is 0 Å². The van der Waals surface area contributed by atoms with E-state index in [0.717, 1.165) is 0 Å². The summed E-state index contributed by atoms with van der Waals surface area (Å²) < 4.78 is 23.6. The van der Waals surface area contributed by atoms with Gasteiger partial charge in [0, 0.05) is 18.9 Å². The minimum atomic E-state index is -2.25. The quantitative estimate of drug-likeness (QED) is 0.215. The van der Waals surface area contributed by atoms with Crippen LogP contribution in [0, 0.1) is 5.92 Å². The first-order valence-electron chi connectivity index (χ1n) is 13.9. The normalized spacial score (nSPS) is 21.7. The Bertz CT molecular complexity index is 795. The van der Waals surface area contributed by atoms with Gasteiger partial charge in [-0.1, -0.05) is 41.5 Å². The zero-order chi connectivity index (χ0) is 29.8. The van der Waals surface area contributed by atoms with Gasteiger partial charge in [0.25, 0.3) is 0 Å². The molecule has 1 saturated heterocycles. The molecule has 1 fully saturated rings. The second-order valence-electron chi connectivity index (χ2n) is 13.5. The average Bonchev–Trinajstić information content (AvgIpc) is 3.09. The maximum absolute atomic E-state index is 13.6. The van der Waals surface area contributed by atoms with Crippen molar-refractivity contribution in [2.45, 2.75) is 142 Å². The van der Waals surface area contributed by atoms with Gasteiger partial charge >= 0.3 is 18.0 Å². The molecule has 0 bridgehead atoms. The number of carbonyl (C=O) groups is 3. The average molecular weight is 559 g/mol. The Hall–Kier alpha value is -1.65. The number of carbonyl (C=O) groups excluding carboxylic acids is 3. The van der Waals surface area contributed by atoms with E-state index in [-0.39, 0.29) is 19.6 Å². The van der Waals surface area contributed by atoms with E-state index in [4.69, 9.17) is 24.4 Å². The number of ether oxygens (including phenoxy) is 3.